The van der Waals surface area contributed by atoms with Crippen LogP contribution in [0.2, 0.25) is 0 Å². The van der Waals surface area contributed by atoms with E-state index in [4.69, 9.17) is 0 Å². The van der Waals surface area contributed by atoms with Crippen molar-refractivity contribution in [3.8, 4) is 0 Å². The van der Waals surface area contributed by atoms with Crippen molar-refractivity contribution in [1.29, 1.82) is 0 Å². The first-order chi connectivity index (χ1) is 5.53. The number of aromatic nitrogens is 2. The fraction of sp³-hybridized carbons (Fsp3) is 0.625. The fourth-order valence-electron chi connectivity index (χ4n) is 0.886. The predicted molar refractivity (Wildman–Crippen MR) is 55.9 cm³/mol. The van der Waals surface area contributed by atoms with Gasteiger partial charge in [-0.1, -0.05) is 6.92 Å². The summed E-state index contributed by atoms with van der Waals surface area (Å²) in [6, 6.07) is 0. The van der Waals surface area contributed by atoms with Gasteiger partial charge in [0.05, 0.1) is 21.9 Å². The van der Waals surface area contributed by atoms with Gasteiger partial charge in [-0.05, 0) is 35.9 Å². The quantitative estimate of drug-likeness (QED) is 0.855. The summed E-state index contributed by atoms with van der Waals surface area (Å²) < 4.78 is 2.87. The largest absolute Gasteiger partial charge is 0.388 e. The van der Waals surface area contributed by atoms with E-state index in [1.807, 2.05) is 20.0 Å². The third-order valence-electron chi connectivity index (χ3n) is 1.87. The van der Waals surface area contributed by atoms with E-state index in [0.29, 0.717) is 6.54 Å². The maximum Gasteiger partial charge on any atom is 0.0812 e. The Labute approximate surface area is 85.9 Å². The number of hydrogen-bond donors (Lipinski definition) is 1. The van der Waals surface area contributed by atoms with Crippen LogP contribution in [0.1, 0.15) is 20.3 Å². The van der Waals surface area contributed by atoms with Crippen LogP contribution in [0, 0.1) is 3.57 Å². The molecule has 0 saturated carbocycles. The molecule has 0 spiro atoms. The molecular weight excluding hydrogens is 267 g/mol. The molecule has 0 radical (unpaired) electrons. The molecule has 0 aliphatic rings. The Bertz CT molecular complexity index is 257. The molecule has 4 heteroatoms. The van der Waals surface area contributed by atoms with Gasteiger partial charge in [-0.15, -0.1) is 0 Å². The Morgan fingerprint density at radius 1 is 1.75 bits per heavy atom. The molecule has 1 rings (SSSR count). The fourth-order valence-corrected chi connectivity index (χ4v) is 1.33. The van der Waals surface area contributed by atoms with Gasteiger partial charge in [0.15, 0.2) is 0 Å². The van der Waals surface area contributed by atoms with Crippen LogP contribution in [0.5, 0.6) is 0 Å². The van der Waals surface area contributed by atoms with Gasteiger partial charge in [-0.2, -0.15) is 5.10 Å². The zero-order valence-electron chi connectivity index (χ0n) is 7.29. The molecular formula is C8H13IN2O. The Morgan fingerprint density at radius 3 is 2.83 bits per heavy atom. The van der Waals surface area contributed by atoms with Crippen LogP contribution in [0.15, 0.2) is 12.4 Å². The summed E-state index contributed by atoms with van der Waals surface area (Å²) in [4.78, 5) is 0. The van der Waals surface area contributed by atoms with Gasteiger partial charge in [0.2, 0.25) is 0 Å². The first-order valence-electron chi connectivity index (χ1n) is 3.94. The van der Waals surface area contributed by atoms with Gasteiger partial charge in [0, 0.05) is 6.20 Å². The van der Waals surface area contributed by atoms with Gasteiger partial charge >= 0.3 is 0 Å². The summed E-state index contributed by atoms with van der Waals surface area (Å²) in [5.74, 6) is 0. The summed E-state index contributed by atoms with van der Waals surface area (Å²) >= 11 is 2.20. The lowest BCUT2D eigenvalue weighted by atomic mass is 10.0. The summed E-state index contributed by atoms with van der Waals surface area (Å²) in [6.45, 7) is 4.35. The standard InChI is InChI=1S/C8H13IN2O/c1-3-8(2,12)6-11-5-7(9)4-10-11/h4-5,12H,3,6H2,1-2H3. The third-order valence-corrected chi connectivity index (χ3v) is 2.42. The molecule has 3 nitrogen and oxygen atoms in total. The summed E-state index contributed by atoms with van der Waals surface area (Å²) in [6.07, 6.45) is 4.44. The molecule has 1 heterocycles. The number of aliphatic hydroxyl groups is 1. The lowest BCUT2D eigenvalue weighted by molar-refractivity contribution is 0.0345. The van der Waals surface area contributed by atoms with Crippen LogP contribution in [0.25, 0.3) is 0 Å². The zero-order chi connectivity index (χ0) is 9.19. The van der Waals surface area contributed by atoms with Crippen molar-refractivity contribution in [3.05, 3.63) is 16.0 Å². The average molecular weight is 280 g/mol. The van der Waals surface area contributed by atoms with E-state index in [1.54, 1.807) is 10.9 Å². The molecule has 0 bridgehead atoms. The third kappa shape index (κ3) is 2.75. The Morgan fingerprint density at radius 2 is 2.42 bits per heavy atom. The molecule has 12 heavy (non-hydrogen) atoms. The van der Waals surface area contributed by atoms with Gasteiger partial charge in [-0.25, -0.2) is 0 Å². The van der Waals surface area contributed by atoms with E-state index in [1.165, 1.54) is 0 Å². The van der Waals surface area contributed by atoms with Crippen LogP contribution in [0.3, 0.4) is 0 Å². The van der Waals surface area contributed by atoms with Gasteiger partial charge in [0.1, 0.15) is 0 Å². The van der Waals surface area contributed by atoms with Gasteiger partial charge < -0.3 is 5.11 Å². The minimum Gasteiger partial charge on any atom is -0.388 e. The highest BCUT2D eigenvalue weighted by molar-refractivity contribution is 14.1. The molecule has 0 fully saturated rings. The van der Waals surface area contributed by atoms with Crippen molar-refractivity contribution < 1.29 is 5.11 Å². The summed E-state index contributed by atoms with van der Waals surface area (Å²) in [7, 11) is 0. The van der Waals surface area contributed by atoms with E-state index in [-0.39, 0.29) is 0 Å². The number of nitrogens with zero attached hydrogens (tertiary/aromatic N) is 2. The second kappa shape index (κ2) is 3.74. The van der Waals surface area contributed by atoms with Crippen molar-refractivity contribution in [3.63, 3.8) is 0 Å². The maximum atomic E-state index is 9.72. The highest BCUT2D eigenvalue weighted by Gasteiger charge is 2.18. The molecule has 1 N–H and O–H groups in total. The van der Waals surface area contributed by atoms with Crippen LogP contribution in [-0.4, -0.2) is 20.5 Å². The van der Waals surface area contributed by atoms with Crippen LogP contribution >= 0.6 is 22.6 Å². The Hall–Kier alpha value is -0.100. The lowest BCUT2D eigenvalue weighted by Crippen LogP contribution is -2.29. The second-order valence-electron chi connectivity index (χ2n) is 3.21. The number of hydrogen-bond acceptors (Lipinski definition) is 2. The molecule has 1 aromatic heterocycles. The zero-order valence-corrected chi connectivity index (χ0v) is 9.45. The Balaban J connectivity index is 2.63. The van der Waals surface area contributed by atoms with Crippen molar-refractivity contribution in [2.75, 3.05) is 0 Å². The minimum atomic E-state index is -0.644. The first kappa shape index (κ1) is 9.98. The normalized spacial score (nSPS) is 16.0. The summed E-state index contributed by atoms with van der Waals surface area (Å²) in [5, 5.41) is 13.8. The van der Waals surface area contributed by atoms with Crippen LogP contribution in [-0.2, 0) is 6.54 Å². The van der Waals surface area contributed by atoms with Gasteiger partial charge in [0.25, 0.3) is 0 Å². The molecule has 0 amide bonds. The number of rotatable bonds is 3. The van der Waals surface area contributed by atoms with E-state index in [9.17, 15) is 5.11 Å². The van der Waals surface area contributed by atoms with Crippen LogP contribution < -0.4 is 0 Å². The SMILES string of the molecule is CCC(C)(O)Cn1cc(I)cn1. The smallest absolute Gasteiger partial charge is 0.0812 e. The van der Waals surface area contributed by atoms with Gasteiger partial charge in [-0.3, -0.25) is 4.68 Å². The predicted octanol–water partition coefficient (Wildman–Crippen LogP) is 1.65. The molecule has 1 atom stereocenters. The van der Waals surface area contributed by atoms with E-state index < -0.39 is 5.60 Å². The van der Waals surface area contributed by atoms with E-state index in [0.717, 1.165) is 9.99 Å². The molecule has 0 aromatic carbocycles. The van der Waals surface area contributed by atoms with Crippen LogP contribution in [0.4, 0.5) is 0 Å². The first-order valence-corrected chi connectivity index (χ1v) is 5.02. The van der Waals surface area contributed by atoms with E-state index >= 15 is 0 Å². The minimum absolute atomic E-state index is 0.562. The summed E-state index contributed by atoms with van der Waals surface area (Å²) in [5.41, 5.74) is -0.644. The monoisotopic (exact) mass is 280 g/mol. The lowest BCUT2D eigenvalue weighted by Gasteiger charge is -2.20. The highest BCUT2D eigenvalue weighted by Crippen LogP contribution is 2.12. The van der Waals surface area contributed by atoms with Crippen molar-refractivity contribution in [2.45, 2.75) is 32.4 Å². The molecule has 68 valence electrons. The van der Waals surface area contributed by atoms with Crippen molar-refractivity contribution in [1.82, 2.24) is 9.78 Å². The molecule has 1 aromatic rings. The highest BCUT2D eigenvalue weighted by atomic mass is 127. The number of halogens is 1. The topological polar surface area (TPSA) is 38.0 Å². The Kier molecular flexibility index (Phi) is 3.11. The second-order valence-corrected chi connectivity index (χ2v) is 4.45. The molecule has 1 unspecified atom stereocenters. The average Bonchev–Trinajstić information content (AvgIpc) is 2.35. The molecule has 0 aliphatic carbocycles. The molecule has 0 saturated heterocycles. The molecule has 0 aliphatic heterocycles. The van der Waals surface area contributed by atoms with Crippen molar-refractivity contribution >= 4 is 22.6 Å². The van der Waals surface area contributed by atoms with Crippen molar-refractivity contribution in [2.24, 2.45) is 0 Å². The maximum absolute atomic E-state index is 9.72. The van der Waals surface area contributed by atoms with E-state index in [2.05, 4.69) is 27.7 Å².